The van der Waals surface area contributed by atoms with Crippen molar-refractivity contribution >= 4 is 17.5 Å². The predicted octanol–water partition coefficient (Wildman–Crippen LogP) is 3.72. The van der Waals surface area contributed by atoms with Gasteiger partial charge in [-0.2, -0.15) is 0 Å². The fourth-order valence-electron chi connectivity index (χ4n) is 2.82. The highest BCUT2D eigenvalue weighted by atomic mass is 16.2. The van der Waals surface area contributed by atoms with E-state index in [0.717, 1.165) is 36.9 Å². The predicted molar refractivity (Wildman–Crippen MR) is 93.3 cm³/mol. The van der Waals surface area contributed by atoms with E-state index in [9.17, 15) is 9.59 Å². The van der Waals surface area contributed by atoms with Gasteiger partial charge in [0, 0.05) is 11.7 Å². The van der Waals surface area contributed by atoms with Gasteiger partial charge in [-0.05, 0) is 63.8 Å². The Morgan fingerprint density at radius 3 is 2.26 bits per heavy atom. The number of hydrogen-bond acceptors (Lipinski definition) is 2. The van der Waals surface area contributed by atoms with Crippen molar-refractivity contribution in [1.29, 1.82) is 0 Å². The molecule has 1 saturated carbocycles. The lowest BCUT2D eigenvalue weighted by Crippen LogP contribution is -2.49. The zero-order chi connectivity index (χ0) is 17.0. The molecule has 0 radical (unpaired) electrons. The molecule has 0 spiro atoms. The molecule has 4 nitrogen and oxygen atoms in total. The van der Waals surface area contributed by atoms with Gasteiger partial charge in [0.25, 0.3) is 0 Å². The van der Waals surface area contributed by atoms with Gasteiger partial charge in [-0.25, -0.2) is 0 Å². The molecular formula is C19H28N2O2. The maximum atomic E-state index is 12.5. The Labute approximate surface area is 139 Å². The summed E-state index contributed by atoms with van der Waals surface area (Å²) in [7, 11) is 0. The summed E-state index contributed by atoms with van der Waals surface area (Å²) in [6.07, 6.45) is 5.57. The molecule has 2 amide bonds. The van der Waals surface area contributed by atoms with Gasteiger partial charge in [0.05, 0.1) is 0 Å². The summed E-state index contributed by atoms with van der Waals surface area (Å²) in [6.45, 7) is 7.40. The molecule has 0 aliphatic heterocycles. The summed E-state index contributed by atoms with van der Waals surface area (Å²) in [5.41, 5.74) is 1.94. The monoisotopic (exact) mass is 316 g/mol. The molecule has 2 N–H and O–H groups in total. The van der Waals surface area contributed by atoms with Crippen LogP contribution in [0, 0.1) is 19.3 Å². The number of benzene rings is 1. The Morgan fingerprint density at radius 2 is 1.65 bits per heavy atom. The van der Waals surface area contributed by atoms with Gasteiger partial charge in [0.15, 0.2) is 0 Å². The normalized spacial score (nSPS) is 16.0. The van der Waals surface area contributed by atoms with E-state index in [1.807, 2.05) is 32.0 Å². The molecule has 126 valence electrons. The lowest BCUT2D eigenvalue weighted by atomic mass is 9.88. The minimum Gasteiger partial charge on any atom is -0.352 e. The molecule has 1 aliphatic carbocycles. The van der Waals surface area contributed by atoms with Crippen molar-refractivity contribution < 1.29 is 9.59 Å². The lowest BCUT2D eigenvalue weighted by molar-refractivity contribution is -0.139. The molecule has 4 heteroatoms. The number of nitrogens with one attached hydrogen (secondary N) is 2. The summed E-state index contributed by atoms with van der Waals surface area (Å²) >= 11 is 0. The maximum Gasteiger partial charge on any atom is 0.239 e. The number of aryl methyl sites for hydroxylation is 2. The van der Waals surface area contributed by atoms with Crippen LogP contribution >= 0.6 is 0 Å². The molecule has 0 saturated heterocycles. The maximum absolute atomic E-state index is 12.5. The van der Waals surface area contributed by atoms with E-state index in [1.165, 1.54) is 12.0 Å². The first-order valence-electron chi connectivity index (χ1n) is 8.50. The second-order valence-corrected chi connectivity index (χ2v) is 7.19. The van der Waals surface area contributed by atoms with Gasteiger partial charge in [-0.15, -0.1) is 0 Å². The Balaban J connectivity index is 2.00. The van der Waals surface area contributed by atoms with Gasteiger partial charge in [0.2, 0.25) is 11.8 Å². The Morgan fingerprint density at radius 1 is 1.00 bits per heavy atom. The molecule has 2 rings (SSSR count). The van der Waals surface area contributed by atoms with Crippen LogP contribution in [0.15, 0.2) is 18.2 Å². The first-order valence-corrected chi connectivity index (χ1v) is 8.50. The highest BCUT2D eigenvalue weighted by Crippen LogP contribution is 2.23. The van der Waals surface area contributed by atoms with Crippen molar-refractivity contribution in [3.63, 3.8) is 0 Å². The number of anilines is 1. The summed E-state index contributed by atoms with van der Waals surface area (Å²) in [5.74, 6) is -0.459. The zero-order valence-electron chi connectivity index (χ0n) is 14.7. The third kappa shape index (κ3) is 4.34. The Bertz CT molecular complexity index is 587. The topological polar surface area (TPSA) is 58.2 Å². The Hall–Kier alpha value is -1.84. The van der Waals surface area contributed by atoms with E-state index in [-0.39, 0.29) is 17.9 Å². The van der Waals surface area contributed by atoms with Gasteiger partial charge >= 0.3 is 0 Å². The zero-order valence-corrected chi connectivity index (χ0v) is 14.7. The first kappa shape index (κ1) is 17.5. The summed E-state index contributed by atoms with van der Waals surface area (Å²) < 4.78 is 0. The molecule has 23 heavy (non-hydrogen) atoms. The average molecular weight is 316 g/mol. The number of carbonyl (C=O) groups is 2. The quantitative estimate of drug-likeness (QED) is 0.832. The fourth-order valence-corrected chi connectivity index (χ4v) is 2.82. The summed E-state index contributed by atoms with van der Waals surface area (Å²) in [4.78, 5) is 25.1. The molecule has 1 aromatic rings. The number of amides is 2. The van der Waals surface area contributed by atoms with E-state index in [4.69, 9.17) is 0 Å². The number of hydrogen-bond donors (Lipinski definition) is 2. The van der Waals surface area contributed by atoms with Crippen molar-refractivity contribution in [2.75, 3.05) is 5.32 Å². The van der Waals surface area contributed by atoms with E-state index in [0.29, 0.717) is 0 Å². The van der Waals surface area contributed by atoms with E-state index < -0.39 is 5.41 Å². The van der Waals surface area contributed by atoms with Crippen LogP contribution in [0.2, 0.25) is 0 Å². The van der Waals surface area contributed by atoms with Crippen LogP contribution in [0.4, 0.5) is 5.69 Å². The second kappa shape index (κ2) is 7.16. The van der Waals surface area contributed by atoms with Crippen LogP contribution in [-0.4, -0.2) is 17.9 Å². The molecule has 1 aromatic carbocycles. The minimum atomic E-state index is -1.09. The van der Waals surface area contributed by atoms with Crippen LogP contribution in [0.5, 0.6) is 0 Å². The van der Waals surface area contributed by atoms with E-state index in [1.54, 1.807) is 13.8 Å². The fraction of sp³-hybridized carbons (Fsp3) is 0.579. The van der Waals surface area contributed by atoms with Gasteiger partial charge in [-0.1, -0.05) is 25.3 Å². The largest absolute Gasteiger partial charge is 0.352 e. The van der Waals surface area contributed by atoms with Gasteiger partial charge < -0.3 is 10.6 Å². The molecule has 1 aliphatic rings. The third-order valence-corrected chi connectivity index (χ3v) is 4.84. The van der Waals surface area contributed by atoms with Crippen LogP contribution in [0.1, 0.15) is 57.1 Å². The standard InChI is InChI=1S/C19H28N2O2/c1-13-10-11-16(12-14(13)2)21-18(23)19(3,4)17(22)20-15-8-6-5-7-9-15/h10-12,15H,5-9H2,1-4H3,(H,20,22)(H,21,23). The lowest BCUT2D eigenvalue weighted by Gasteiger charge is -2.28. The smallest absolute Gasteiger partial charge is 0.239 e. The molecule has 0 aromatic heterocycles. The third-order valence-electron chi connectivity index (χ3n) is 4.84. The van der Waals surface area contributed by atoms with Crippen molar-refractivity contribution in [1.82, 2.24) is 5.32 Å². The molecule has 1 fully saturated rings. The van der Waals surface area contributed by atoms with E-state index >= 15 is 0 Å². The van der Waals surface area contributed by atoms with Crippen LogP contribution in [-0.2, 0) is 9.59 Å². The van der Waals surface area contributed by atoms with Gasteiger partial charge in [-0.3, -0.25) is 9.59 Å². The highest BCUT2D eigenvalue weighted by molar-refractivity contribution is 6.09. The molecule has 0 bridgehead atoms. The second-order valence-electron chi connectivity index (χ2n) is 7.19. The van der Waals surface area contributed by atoms with Crippen molar-refractivity contribution in [2.45, 2.75) is 65.8 Å². The van der Waals surface area contributed by atoms with Crippen LogP contribution in [0.25, 0.3) is 0 Å². The van der Waals surface area contributed by atoms with Crippen LogP contribution in [0.3, 0.4) is 0 Å². The average Bonchev–Trinajstić information content (AvgIpc) is 2.51. The number of carbonyl (C=O) groups excluding carboxylic acids is 2. The molecule has 0 unspecified atom stereocenters. The van der Waals surface area contributed by atoms with E-state index in [2.05, 4.69) is 10.6 Å². The SMILES string of the molecule is Cc1ccc(NC(=O)C(C)(C)C(=O)NC2CCCCC2)cc1C. The minimum absolute atomic E-state index is 0.189. The number of rotatable bonds is 4. The van der Waals surface area contributed by atoms with Crippen LogP contribution < -0.4 is 10.6 Å². The summed E-state index contributed by atoms with van der Waals surface area (Å²) in [6, 6.07) is 5.99. The summed E-state index contributed by atoms with van der Waals surface area (Å²) in [5, 5.41) is 5.92. The van der Waals surface area contributed by atoms with Gasteiger partial charge in [0.1, 0.15) is 5.41 Å². The van der Waals surface area contributed by atoms with Crippen molar-refractivity contribution in [3.05, 3.63) is 29.3 Å². The van der Waals surface area contributed by atoms with Crippen molar-refractivity contribution in [2.24, 2.45) is 5.41 Å². The van der Waals surface area contributed by atoms with Crippen molar-refractivity contribution in [3.8, 4) is 0 Å². The first-order chi connectivity index (χ1) is 10.8. The molecule has 0 heterocycles. The molecule has 0 atom stereocenters. The molecular weight excluding hydrogens is 288 g/mol. The Kier molecular flexibility index (Phi) is 5.45. The highest BCUT2D eigenvalue weighted by Gasteiger charge is 2.37.